The summed E-state index contributed by atoms with van der Waals surface area (Å²) < 4.78 is 11.8. The van der Waals surface area contributed by atoms with Crippen LogP contribution < -0.4 is 19.3 Å². The number of hydrogen-bond donors (Lipinski definition) is 2. The maximum atomic E-state index is 12.9. The maximum absolute atomic E-state index is 12.9. The van der Waals surface area contributed by atoms with Crippen LogP contribution in [0.1, 0.15) is 12.8 Å². The summed E-state index contributed by atoms with van der Waals surface area (Å²) >= 11 is 14.4. The summed E-state index contributed by atoms with van der Waals surface area (Å²) in [5.41, 5.74) is 5.98. The molecule has 298 valence electrons. The standard InChI is InChI=1S/C43H44Cl2N4O8/c1-46(16-17-47-14-12-29(24-47)42(52)53)35-10-8-27(22-37(35)56-21-20-50)31-4-2-6-33(40(31)44)34-7-3-5-32(41(34)45)28-9-11-36-38(23-28)57-26-39(51)49(36)19-18-48-15-13-30(25-48)43(54)55/h2-11,20,22-23,29-30H,12-19,21,24-26H2,1H3,(H,52,53)(H,54,55). The summed E-state index contributed by atoms with van der Waals surface area (Å²) in [6, 6.07) is 22.9. The van der Waals surface area contributed by atoms with Crippen LogP contribution in [-0.4, -0.2) is 117 Å². The van der Waals surface area contributed by atoms with Crippen molar-refractivity contribution in [2.24, 2.45) is 11.8 Å². The van der Waals surface area contributed by atoms with E-state index in [4.69, 9.17) is 32.7 Å². The van der Waals surface area contributed by atoms with E-state index >= 15 is 0 Å². The van der Waals surface area contributed by atoms with Gasteiger partial charge < -0.3 is 39.3 Å². The van der Waals surface area contributed by atoms with E-state index in [-0.39, 0.29) is 31.0 Å². The number of anilines is 2. The number of aldehydes is 1. The second-order valence-electron chi connectivity index (χ2n) is 14.7. The Bertz CT molecular complexity index is 2180. The van der Waals surface area contributed by atoms with Gasteiger partial charge in [-0.25, -0.2) is 0 Å². The Hall–Kier alpha value is -5.14. The predicted octanol–water partition coefficient (Wildman–Crippen LogP) is 6.55. The fourth-order valence-corrected chi connectivity index (χ4v) is 8.58. The van der Waals surface area contributed by atoms with Crippen molar-refractivity contribution in [3.63, 3.8) is 0 Å². The highest BCUT2D eigenvalue weighted by atomic mass is 35.5. The second kappa shape index (κ2) is 17.6. The molecule has 7 rings (SSSR count). The van der Waals surface area contributed by atoms with E-state index in [0.717, 1.165) is 45.6 Å². The fraction of sp³-hybridized carbons (Fsp3) is 0.349. The highest BCUT2D eigenvalue weighted by Crippen LogP contribution is 2.45. The second-order valence-corrected chi connectivity index (χ2v) is 15.4. The van der Waals surface area contributed by atoms with Crippen molar-refractivity contribution in [2.45, 2.75) is 12.8 Å². The Labute approximate surface area is 341 Å². The van der Waals surface area contributed by atoms with Gasteiger partial charge in [-0.15, -0.1) is 0 Å². The molecule has 0 spiro atoms. The minimum atomic E-state index is -0.786. The molecular formula is C43H44Cl2N4O8. The van der Waals surface area contributed by atoms with Gasteiger partial charge >= 0.3 is 11.9 Å². The number of carboxylic acid groups (broad SMARTS) is 2. The van der Waals surface area contributed by atoms with Gasteiger partial charge in [-0.1, -0.05) is 71.7 Å². The molecule has 2 fully saturated rings. The lowest BCUT2D eigenvalue weighted by Crippen LogP contribution is -2.43. The third-order valence-electron chi connectivity index (χ3n) is 11.1. The highest BCUT2D eigenvalue weighted by Gasteiger charge is 2.31. The Morgan fingerprint density at radius 1 is 0.825 bits per heavy atom. The average Bonchev–Trinajstić information content (AvgIpc) is 3.90. The molecule has 3 aliphatic heterocycles. The maximum Gasteiger partial charge on any atom is 0.307 e. The van der Waals surface area contributed by atoms with Gasteiger partial charge in [0.15, 0.2) is 12.9 Å². The smallest absolute Gasteiger partial charge is 0.307 e. The van der Waals surface area contributed by atoms with Gasteiger partial charge in [0.05, 0.1) is 33.3 Å². The number of amides is 1. The van der Waals surface area contributed by atoms with Gasteiger partial charge in [-0.2, -0.15) is 0 Å². The molecule has 0 aromatic heterocycles. The monoisotopic (exact) mass is 814 g/mol. The molecule has 0 saturated carbocycles. The molecule has 4 aromatic rings. The molecule has 0 aliphatic carbocycles. The van der Waals surface area contributed by atoms with Crippen molar-refractivity contribution in [3.8, 4) is 44.9 Å². The zero-order valence-corrected chi connectivity index (χ0v) is 33.0. The zero-order valence-electron chi connectivity index (χ0n) is 31.5. The summed E-state index contributed by atoms with van der Waals surface area (Å²) in [4.78, 5) is 55.1. The van der Waals surface area contributed by atoms with Crippen LogP contribution >= 0.6 is 23.2 Å². The minimum Gasteiger partial charge on any atom is -0.484 e. The largest absolute Gasteiger partial charge is 0.484 e. The molecular weight excluding hydrogens is 771 g/mol. The van der Waals surface area contributed by atoms with Crippen LogP contribution in [0.3, 0.4) is 0 Å². The summed E-state index contributed by atoms with van der Waals surface area (Å²) in [5.74, 6) is -1.34. The molecule has 2 unspecified atom stereocenters. The van der Waals surface area contributed by atoms with Crippen LogP contribution in [0.5, 0.6) is 11.5 Å². The first-order valence-corrected chi connectivity index (χ1v) is 19.7. The predicted molar refractivity (Wildman–Crippen MR) is 220 cm³/mol. The van der Waals surface area contributed by atoms with Gasteiger partial charge in [-0.3, -0.25) is 19.2 Å². The first kappa shape index (κ1) is 40.1. The first-order valence-electron chi connectivity index (χ1n) is 19.0. The molecule has 2 saturated heterocycles. The van der Waals surface area contributed by atoms with E-state index in [2.05, 4.69) is 9.80 Å². The number of likely N-dealkylation sites (N-methyl/N-ethyl adjacent to an activating group) is 1. The van der Waals surface area contributed by atoms with E-state index in [1.165, 1.54) is 0 Å². The van der Waals surface area contributed by atoms with E-state index in [1.807, 2.05) is 84.7 Å². The van der Waals surface area contributed by atoms with Crippen molar-refractivity contribution >= 4 is 58.7 Å². The van der Waals surface area contributed by atoms with Crippen LogP contribution in [0.25, 0.3) is 33.4 Å². The summed E-state index contributed by atoms with van der Waals surface area (Å²) in [6.07, 6.45) is 1.95. The molecule has 2 N–H and O–H groups in total. The van der Waals surface area contributed by atoms with Gasteiger partial charge in [-0.05, 0) is 61.3 Å². The van der Waals surface area contributed by atoms with Crippen molar-refractivity contribution < 1.29 is 38.9 Å². The Balaban J connectivity index is 1.11. The zero-order chi connectivity index (χ0) is 40.2. The Morgan fingerprint density at radius 2 is 1.40 bits per heavy atom. The average molecular weight is 816 g/mol. The molecule has 14 heteroatoms. The van der Waals surface area contributed by atoms with Gasteiger partial charge in [0.1, 0.15) is 18.1 Å². The third-order valence-corrected chi connectivity index (χ3v) is 11.9. The normalized spacial score (nSPS) is 18.3. The number of ether oxygens (including phenoxy) is 2. The number of carboxylic acids is 2. The van der Waals surface area contributed by atoms with Crippen molar-refractivity contribution in [2.75, 3.05) is 82.4 Å². The van der Waals surface area contributed by atoms with Crippen LogP contribution in [0.4, 0.5) is 11.4 Å². The van der Waals surface area contributed by atoms with E-state index in [9.17, 15) is 29.4 Å². The molecule has 4 aromatic carbocycles. The number of carbonyl (C=O) groups excluding carboxylic acids is 2. The minimum absolute atomic E-state index is 0.100. The molecule has 57 heavy (non-hydrogen) atoms. The van der Waals surface area contributed by atoms with Crippen molar-refractivity contribution in [1.82, 2.24) is 9.80 Å². The van der Waals surface area contributed by atoms with Crippen molar-refractivity contribution in [3.05, 3.63) is 82.8 Å². The SMILES string of the molecule is CN(CCN1CCC(C(=O)O)C1)c1ccc(-c2cccc(-c3cccc(-c4ccc5c(c4)OCC(=O)N5CCN4CCC(C(=O)O)C4)c3Cl)c2Cl)cc1OCC=O. The van der Waals surface area contributed by atoms with E-state index in [0.29, 0.717) is 92.2 Å². The number of rotatable bonds is 15. The van der Waals surface area contributed by atoms with Crippen LogP contribution in [0.2, 0.25) is 10.0 Å². The fourth-order valence-electron chi connectivity index (χ4n) is 7.91. The number of hydrogen-bond acceptors (Lipinski definition) is 9. The first-order chi connectivity index (χ1) is 27.5. The Kier molecular flexibility index (Phi) is 12.3. The quantitative estimate of drug-likeness (QED) is 0.126. The number of likely N-dealkylation sites (tertiary alicyclic amines) is 2. The van der Waals surface area contributed by atoms with Gasteiger partial charge in [0.25, 0.3) is 5.91 Å². The topological polar surface area (TPSA) is 140 Å². The molecule has 1 amide bonds. The molecule has 3 aliphatic rings. The molecule has 0 bridgehead atoms. The number of benzene rings is 4. The number of fused-ring (bicyclic) bond motifs is 1. The van der Waals surface area contributed by atoms with E-state index in [1.54, 1.807) is 4.90 Å². The third kappa shape index (κ3) is 8.74. The molecule has 2 atom stereocenters. The number of aliphatic carboxylic acids is 2. The lowest BCUT2D eigenvalue weighted by molar-refractivity contribution is -0.142. The summed E-state index contributed by atoms with van der Waals surface area (Å²) in [7, 11) is 1.94. The van der Waals surface area contributed by atoms with Gasteiger partial charge in [0, 0.05) is 68.6 Å². The molecule has 3 heterocycles. The van der Waals surface area contributed by atoms with Crippen molar-refractivity contribution in [1.29, 1.82) is 0 Å². The Morgan fingerprint density at radius 3 is 2.00 bits per heavy atom. The lowest BCUT2D eigenvalue weighted by atomic mass is 9.95. The lowest BCUT2D eigenvalue weighted by Gasteiger charge is -2.31. The van der Waals surface area contributed by atoms with Crippen LogP contribution in [0, 0.1) is 11.8 Å². The van der Waals surface area contributed by atoms with Crippen LogP contribution in [-0.2, 0) is 19.2 Å². The van der Waals surface area contributed by atoms with E-state index < -0.39 is 11.9 Å². The molecule has 0 radical (unpaired) electrons. The number of carbonyl (C=O) groups is 4. The summed E-state index contributed by atoms with van der Waals surface area (Å²) in [5, 5.41) is 19.7. The highest BCUT2D eigenvalue weighted by molar-refractivity contribution is 6.39. The molecule has 12 nitrogen and oxygen atoms in total. The van der Waals surface area contributed by atoms with Gasteiger partial charge in [0.2, 0.25) is 0 Å². The number of nitrogens with zero attached hydrogens (tertiary/aromatic N) is 4. The summed E-state index contributed by atoms with van der Waals surface area (Å²) in [6.45, 7) is 4.51. The van der Waals surface area contributed by atoms with Crippen LogP contribution in [0.15, 0.2) is 72.8 Å². The number of halogens is 2.